The van der Waals surface area contributed by atoms with Gasteiger partial charge >= 0.3 is 0 Å². The van der Waals surface area contributed by atoms with Crippen molar-refractivity contribution in [2.75, 3.05) is 4.90 Å². The Bertz CT molecular complexity index is 3420. The number of benzene rings is 9. The fourth-order valence-corrected chi connectivity index (χ4v) is 11.1. The van der Waals surface area contributed by atoms with E-state index in [1.54, 1.807) is 0 Å². The highest BCUT2D eigenvalue weighted by Gasteiger charge is 2.39. The van der Waals surface area contributed by atoms with Gasteiger partial charge in [-0.25, -0.2) is 0 Å². The topological polar surface area (TPSA) is 8.17 Å². The van der Waals surface area contributed by atoms with Gasteiger partial charge in [0.25, 0.3) is 0 Å². The molecule has 1 heterocycles. The van der Waals surface area contributed by atoms with Crippen molar-refractivity contribution in [2.24, 2.45) is 0 Å². The molecule has 1 aromatic heterocycles. The number of aromatic nitrogens is 1. The Morgan fingerprint density at radius 2 is 0.952 bits per heavy atom. The monoisotopic (exact) mass is 794 g/mol. The zero-order valence-corrected chi connectivity index (χ0v) is 35.5. The van der Waals surface area contributed by atoms with Crippen LogP contribution >= 0.6 is 0 Å². The van der Waals surface area contributed by atoms with Gasteiger partial charge in [-0.15, -0.1) is 0 Å². The number of fused-ring (bicyclic) bond motifs is 9. The van der Waals surface area contributed by atoms with Crippen molar-refractivity contribution in [1.29, 1.82) is 0 Å². The summed E-state index contributed by atoms with van der Waals surface area (Å²) in [5, 5.41) is 2.50. The average Bonchev–Trinajstić information content (AvgIpc) is 3.87. The van der Waals surface area contributed by atoms with E-state index < -0.39 is 0 Å². The van der Waals surface area contributed by atoms with Crippen LogP contribution in [-0.2, 0) is 10.8 Å². The molecule has 0 amide bonds. The van der Waals surface area contributed by atoms with Crippen molar-refractivity contribution >= 4 is 38.9 Å². The molecule has 0 bridgehead atoms. The van der Waals surface area contributed by atoms with Crippen molar-refractivity contribution in [2.45, 2.75) is 38.5 Å². The summed E-state index contributed by atoms with van der Waals surface area (Å²) in [6, 6.07) is 76.6. The van der Waals surface area contributed by atoms with Crippen LogP contribution in [0.4, 0.5) is 17.1 Å². The molecule has 0 atom stereocenters. The van der Waals surface area contributed by atoms with Crippen LogP contribution in [0, 0.1) is 0 Å². The summed E-state index contributed by atoms with van der Waals surface area (Å²) in [5.41, 5.74) is 22.3. The molecule has 12 rings (SSSR count). The first kappa shape index (κ1) is 36.4. The molecule has 0 aliphatic heterocycles. The Balaban J connectivity index is 1.11. The highest BCUT2D eigenvalue weighted by Crippen LogP contribution is 2.56. The normalized spacial score (nSPS) is 14.1. The predicted molar refractivity (Wildman–Crippen MR) is 261 cm³/mol. The van der Waals surface area contributed by atoms with Gasteiger partial charge < -0.3 is 9.47 Å². The largest absolute Gasteiger partial charge is 0.309 e. The van der Waals surface area contributed by atoms with Gasteiger partial charge in [-0.05, 0) is 104 Å². The zero-order valence-electron chi connectivity index (χ0n) is 35.5. The van der Waals surface area contributed by atoms with Gasteiger partial charge in [0.1, 0.15) is 0 Å². The Morgan fingerprint density at radius 3 is 1.79 bits per heavy atom. The van der Waals surface area contributed by atoms with Crippen molar-refractivity contribution in [3.63, 3.8) is 0 Å². The summed E-state index contributed by atoms with van der Waals surface area (Å²) < 4.78 is 2.42. The molecule has 296 valence electrons. The summed E-state index contributed by atoms with van der Waals surface area (Å²) in [6.45, 7) is 9.51. The molecule has 2 nitrogen and oxygen atoms in total. The molecule has 10 aromatic rings. The molecular weight excluding hydrogens is 749 g/mol. The number of hydrogen-bond donors (Lipinski definition) is 0. The Labute approximate surface area is 364 Å². The maximum absolute atomic E-state index is 2.54. The number of para-hydroxylation sites is 3. The first-order valence-electron chi connectivity index (χ1n) is 21.9. The quantitative estimate of drug-likeness (QED) is 0.163. The van der Waals surface area contributed by atoms with Crippen LogP contribution in [0.5, 0.6) is 0 Å². The minimum absolute atomic E-state index is 0.138. The Morgan fingerprint density at radius 1 is 0.371 bits per heavy atom. The molecule has 2 heteroatoms. The lowest BCUT2D eigenvalue weighted by atomic mass is 9.79. The summed E-state index contributed by atoms with van der Waals surface area (Å²) >= 11 is 0. The molecule has 62 heavy (non-hydrogen) atoms. The summed E-state index contributed by atoms with van der Waals surface area (Å²) in [6.07, 6.45) is 0. The summed E-state index contributed by atoms with van der Waals surface area (Å²) in [7, 11) is 0. The molecular formula is C60H46N2. The molecule has 0 saturated heterocycles. The van der Waals surface area contributed by atoms with Crippen LogP contribution in [0.2, 0.25) is 0 Å². The van der Waals surface area contributed by atoms with E-state index in [9.17, 15) is 0 Å². The molecule has 0 fully saturated rings. The number of hydrogen-bond acceptors (Lipinski definition) is 1. The lowest BCUT2D eigenvalue weighted by Gasteiger charge is -2.31. The van der Waals surface area contributed by atoms with E-state index in [0.29, 0.717) is 0 Å². The maximum atomic E-state index is 2.54. The van der Waals surface area contributed by atoms with Crippen LogP contribution in [0.15, 0.2) is 206 Å². The third-order valence-corrected chi connectivity index (χ3v) is 14.0. The van der Waals surface area contributed by atoms with Crippen LogP contribution in [0.1, 0.15) is 49.9 Å². The molecule has 2 aliphatic rings. The van der Waals surface area contributed by atoms with E-state index in [4.69, 9.17) is 0 Å². The molecule has 9 aromatic carbocycles. The molecule has 0 N–H and O–H groups in total. The first-order chi connectivity index (χ1) is 30.3. The van der Waals surface area contributed by atoms with E-state index in [1.165, 1.54) is 94.3 Å². The highest BCUT2D eigenvalue weighted by atomic mass is 15.1. The van der Waals surface area contributed by atoms with Gasteiger partial charge in [0, 0.05) is 44.1 Å². The second kappa shape index (κ2) is 13.5. The Kier molecular flexibility index (Phi) is 7.96. The van der Waals surface area contributed by atoms with Gasteiger partial charge in [0.2, 0.25) is 0 Å². The molecule has 0 radical (unpaired) electrons. The van der Waals surface area contributed by atoms with Crippen LogP contribution in [0.3, 0.4) is 0 Å². The minimum Gasteiger partial charge on any atom is -0.309 e. The number of rotatable bonds is 6. The summed E-state index contributed by atoms with van der Waals surface area (Å²) in [5.74, 6) is 0. The van der Waals surface area contributed by atoms with Crippen molar-refractivity contribution in [1.82, 2.24) is 4.57 Å². The minimum atomic E-state index is -0.143. The van der Waals surface area contributed by atoms with Crippen molar-refractivity contribution in [3.8, 4) is 50.2 Å². The molecule has 0 spiro atoms. The Hall–Kier alpha value is -7.42. The second-order valence-electron chi connectivity index (χ2n) is 18.1. The van der Waals surface area contributed by atoms with E-state index in [1.807, 2.05) is 0 Å². The first-order valence-corrected chi connectivity index (χ1v) is 21.9. The van der Waals surface area contributed by atoms with Crippen molar-refractivity contribution in [3.05, 3.63) is 229 Å². The third kappa shape index (κ3) is 5.23. The average molecular weight is 795 g/mol. The van der Waals surface area contributed by atoms with Crippen LogP contribution in [-0.4, -0.2) is 4.57 Å². The molecule has 0 unspecified atom stereocenters. The second-order valence-corrected chi connectivity index (χ2v) is 18.1. The standard InChI is InChI=1S/C60H46N2/c1-59(2)51-30-13-9-26-49(51)57-52(59)31-18-34-55(57)62(42-22-16-19-39(37-42)44-27-17-28-48-45-24-8-12-29-50(45)60(3,4)58(44)48)53-32-14-10-23-43(53)40-35-36-47-46-25-11-15-33-54(46)61(56(47)38-40)41-20-6-5-7-21-41/h5-38H,1-4H3. The van der Waals surface area contributed by atoms with Gasteiger partial charge in [0.05, 0.1) is 22.4 Å². The SMILES string of the molecule is CC1(C)c2ccccc2-c2c(N(c3cccc(-c4cccc5c4C(C)(C)c4ccccc4-5)c3)c3ccccc3-c3ccc4c5ccccc5n(-c5ccccc5)c4c3)cccc21. The van der Waals surface area contributed by atoms with Crippen LogP contribution < -0.4 is 4.90 Å². The predicted octanol–water partition coefficient (Wildman–Crippen LogP) is 16.2. The third-order valence-electron chi connectivity index (χ3n) is 14.0. The van der Waals surface area contributed by atoms with E-state index in [-0.39, 0.29) is 10.8 Å². The number of nitrogens with zero attached hydrogens (tertiary/aromatic N) is 2. The van der Waals surface area contributed by atoms with Gasteiger partial charge in [-0.3, -0.25) is 0 Å². The lowest BCUT2D eigenvalue weighted by Crippen LogP contribution is -2.17. The fraction of sp³-hybridized carbons (Fsp3) is 0.100. The number of anilines is 3. The van der Waals surface area contributed by atoms with Gasteiger partial charge in [0.15, 0.2) is 0 Å². The van der Waals surface area contributed by atoms with Gasteiger partial charge in [-0.1, -0.05) is 185 Å². The van der Waals surface area contributed by atoms with E-state index in [2.05, 4.69) is 243 Å². The smallest absolute Gasteiger partial charge is 0.0547 e. The molecule has 0 saturated carbocycles. The van der Waals surface area contributed by atoms with E-state index in [0.717, 1.165) is 17.1 Å². The molecule has 2 aliphatic carbocycles. The zero-order chi connectivity index (χ0) is 41.7. The lowest BCUT2D eigenvalue weighted by molar-refractivity contribution is 0.660. The van der Waals surface area contributed by atoms with Crippen LogP contribution in [0.25, 0.3) is 72.0 Å². The highest BCUT2D eigenvalue weighted by molar-refractivity contribution is 6.11. The fourth-order valence-electron chi connectivity index (χ4n) is 11.1. The van der Waals surface area contributed by atoms with Crippen molar-refractivity contribution < 1.29 is 0 Å². The summed E-state index contributed by atoms with van der Waals surface area (Å²) in [4.78, 5) is 2.54. The van der Waals surface area contributed by atoms with Gasteiger partial charge in [-0.2, -0.15) is 0 Å². The van der Waals surface area contributed by atoms with E-state index >= 15 is 0 Å². The maximum Gasteiger partial charge on any atom is 0.0547 e.